The molecule has 0 aromatic rings. The first-order valence-electron chi connectivity index (χ1n) is 5.44. The molecule has 0 spiro atoms. The lowest BCUT2D eigenvalue weighted by Gasteiger charge is -2.16. The third kappa shape index (κ3) is 4.80. The van der Waals surface area contributed by atoms with Crippen LogP contribution in [0.5, 0.6) is 0 Å². The minimum absolute atomic E-state index is 0.0797. The van der Waals surface area contributed by atoms with Gasteiger partial charge in [-0.1, -0.05) is 6.08 Å². The van der Waals surface area contributed by atoms with Gasteiger partial charge in [0.1, 0.15) is 0 Å². The van der Waals surface area contributed by atoms with Gasteiger partial charge in [-0.25, -0.2) is 10.2 Å². The number of carbonyl (C=O) groups is 1. The third-order valence-electron chi connectivity index (χ3n) is 2.35. The fourth-order valence-corrected chi connectivity index (χ4v) is 1.38. The molecule has 5 N–H and O–H groups in total. The van der Waals surface area contributed by atoms with E-state index < -0.39 is 0 Å². The predicted octanol–water partition coefficient (Wildman–Crippen LogP) is 0.595. The standard InChI is InChI=1S/C10H20N4O/c1-8(7-11)13-14-10(15)12-9-5-3-2-4-6-9/h5,8,13H,2-4,6-7,11H2,1H3,(H2,12,14,15). The van der Waals surface area contributed by atoms with Crippen LogP contribution in [-0.4, -0.2) is 18.6 Å². The summed E-state index contributed by atoms with van der Waals surface area (Å²) in [4.78, 5) is 11.4. The van der Waals surface area contributed by atoms with E-state index in [0.29, 0.717) is 6.54 Å². The first kappa shape index (κ1) is 12.0. The molecular formula is C10H20N4O. The quantitative estimate of drug-likeness (QED) is 0.515. The Kier molecular flexibility index (Phi) is 5.14. The Balaban J connectivity index is 2.20. The van der Waals surface area contributed by atoms with Crippen LogP contribution in [0.15, 0.2) is 11.8 Å². The molecule has 5 heteroatoms. The van der Waals surface area contributed by atoms with Gasteiger partial charge < -0.3 is 11.1 Å². The van der Waals surface area contributed by atoms with Gasteiger partial charge >= 0.3 is 6.03 Å². The molecule has 2 amide bonds. The fraction of sp³-hybridized carbons (Fsp3) is 0.700. The summed E-state index contributed by atoms with van der Waals surface area (Å²) in [5.41, 5.74) is 11.8. The second kappa shape index (κ2) is 6.42. The van der Waals surface area contributed by atoms with Crippen LogP contribution in [0.25, 0.3) is 0 Å². The molecule has 0 aromatic carbocycles. The van der Waals surface area contributed by atoms with Gasteiger partial charge in [0.25, 0.3) is 0 Å². The number of urea groups is 1. The number of amides is 2. The van der Waals surface area contributed by atoms with Crippen LogP contribution in [0.4, 0.5) is 4.79 Å². The molecule has 1 aliphatic carbocycles. The molecule has 0 aliphatic heterocycles. The lowest BCUT2D eigenvalue weighted by Crippen LogP contribution is -2.49. The maximum Gasteiger partial charge on any atom is 0.333 e. The molecule has 1 atom stereocenters. The van der Waals surface area contributed by atoms with Crippen molar-refractivity contribution in [3.05, 3.63) is 11.8 Å². The van der Waals surface area contributed by atoms with Gasteiger partial charge in [0.15, 0.2) is 0 Å². The Morgan fingerprint density at radius 3 is 3.00 bits per heavy atom. The number of hydrogen-bond acceptors (Lipinski definition) is 3. The molecule has 86 valence electrons. The topological polar surface area (TPSA) is 79.2 Å². The summed E-state index contributed by atoms with van der Waals surface area (Å²) in [6.07, 6.45) is 6.46. The zero-order chi connectivity index (χ0) is 11.1. The van der Waals surface area contributed by atoms with Gasteiger partial charge in [0.05, 0.1) is 0 Å². The molecule has 0 saturated heterocycles. The summed E-state index contributed by atoms with van der Waals surface area (Å²) in [6.45, 7) is 2.39. The van der Waals surface area contributed by atoms with Crippen LogP contribution >= 0.6 is 0 Å². The van der Waals surface area contributed by atoms with E-state index in [4.69, 9.17) is 5.73 Å². The molecule has 0 aromatic heterocycles. The molecular weight excluding hydrogens is 192 g/mol. The zero-order valence-corrected chi connectivity index (χ0v) is 9.18. The van der Waals surface area contributed by atoms with Gasteiger partial charge in [0, 0.05) is 18.3 Å². The number of allylic oxidation sites excluding steroid dienone is 2. The maximum absolute atomic E-state index is 11.4. The predicted molar refractivity (Wildman–Crippen MR) is 59.9 cm³/mol. The summed E-state index contributed by atoms with van der Waals surface area (Å²) in [5.74, 6) is 0. The Morgan fingerprint density at radius 1 is 1.60 bits per heavy atom. The van der Waals surface area contributed by atoms with Crippen molar-refractivity contribution in [2.24, 2.45) is 5.73 Å². The summed E-state index contributed by atoms with van der Waals surface area (Å²) in [6, 6.07) is -0.139. The van der Waals surface area contributed by atoms with E-state index in [0.717, 1.165) is 25.0 Å². The van der Waals surface area contributed by atoms with E-state index in [9.17, 15) is 4.79 Å². The molecule has 1 rings (SSSR count). The van der Waals surface area contributed by atoms with E-state index in [2.05, 4.69) is 22.2 Å². The van der Waals surface area contributed by atoms with Crippen molar-refractivity contribution in [2.45, 2.75) is 38.6 Å². The minimum Gasteiger partial charge on any atom is -0.329 e. The van der Waals surface area contributed by atoms with Crippen LogP contribution in [0, 0.1) is 0 Å². The SMILES string of the molecule is CC(CN)NNC(=O)NC1=CCCCC1. The second-order valence-corrected chi connectivity index (χ2v) is 3.84. The average molecular weight is 212 g/mol. The molecule has 0 heterocycles. The van der Waals surface area contributed by atoms with E-state index in [1.807, 2.05) is 6.92 Å². The highest BCUT2D eigenvalue weighted by Gasteiger charge is 2.07. The van der Waals surface area contributed by atoms with E-state index in [-0.39, 0.29) is 12.1 Å². The highest BCUT2D eigenvalue weighted by atomic mass is 16.2. The van der Waals surface area contributed by atoms with E-state index in [1.165, 1.54) is 6.42 Å². The van der Waals surface area contributed by atoms with Crippen molar-refractivity contribution in [1.82, 2.24) is 16.2 Å². The lowest BCUT2D eigenvalue weighted by molar-refractivity contribution is 0.236. The fourth-order valence-electron chi connectivity index (χ4n) is 1.38. The van der Waals surface area contributed by atoms with Gasteiger partial charge in [-0.15, -0.1) is 0 Å². The van der Waals surface area contributed by atoms with Crippen molar-refractivity contribution in [2.75, 3.05) is 6.54 Å². The van der Waals surface area contributed by atoms with Gasteiger partial charge in [0.2, 0.25) is 0 Å². The highest BCUT2D eigenvalue weighted by Crippen LogP contribution is 2.14. The van der Waals surface area contributed by atoms with Gasteiger partial charge in [-0.3, -0.25) is 5.43 Å². The van der Waals surface area contributed by atoms with E-state index >= 15 is 0 Å². The largest absolute Gasteiger partial charge is 0.333 e. The molecule has 5 nitrogen and oxygen atoms in total. The van der Waals surface area contributed by atoms with Gasteiger partial charge in [-0.2, -0.15) is 0 Å². The van der Waals surface area contributed by atoms with Crippen LogP contribution in [0.3, 0.4) is 0 Å². The highest BCUT2D eigenvalue weighted by molar-refractivity contribution is 5.75. The normalized spacial score (nSPS) is 17.9. The second-order valence-electron chi connectivity index (χ2n) is 3.84. The van der Waals surface area contributed by atoms with Gasteiger partial charge in [-0.05, 0) is 32.6 Å². The number of hydrazine groups is 1. The Morgan fingerprint density at radius 2 is 2.40 bits per heavy atom. The molecule has 1 unspecified atom stereocenters. The number of hydrogen-bond donors (Lipinski definition) is 4. The smallest absolute Gasteiger partial charge is 0.329 e. The maximum atomic E-state index is 11.4. The zero-order valence-electron chi connectivity index (χ0n) is 9.18. The van der Waals surface area contributed by atoms with Crippen LogP contribution in [-0.2, 0) is 0 Å². The summed E-state index contributed by atoms with van der Waals surface area (Å²) < 4.78 is 0. The number of nitrogens with one attached hydrogen (secondary N) is 3. The Bertz CT molecular complexity index is 240. The number of nitrogens with two attached hydrogens (primary N) is 1. The van der Waals surface area contributed by atoms with Crippen molar-refractivity contribution in [3.8, 4) is 0 Å². The molecule has 15 heavy (non-hydrogen) atoms. The van der Waals surface area contributed by atoms with Crippen molar-refractivity contribution in [3.63, 3.8) is 0 Å². The summed E-state index contributed by atoms with van der Waals surface area (Å²) in [7, 11) is 0. The molecule has 1 aliphatic rings. The monoisotopic (exact) mass is 212 g/mol. The molecule has 0 saturated carbocycles. The molecule has 0 fully saturated rings. The Labute approximate surface area is 90.4 Å². The minimum atomic E-state index is -0.219. The first-order chi connectivity index (χ1) is 7.22. The first-order valence-corrected chi connectivity index (χ1v) is 5.44. The lowest BCUT2D eigenvalue weighted by atomic mass is 10.1. The summed E-state index contributed by atoms with van der Waals surface area (Å²) in [5, 5.41) is 2.81. The Hall–Kier alpha value is -1.07. The number of carbonyl (C=O) groups excluding carboxylic acids is 1. The van der Waals surface area contributed by atoms with Crippen LogP contribution in [0.1, 0.15) is 32.6 Å². The van der Waals surface area contributed by atoms with Crippen LogP contribution in [0.2, 0.25) is 0 Å². The van der Waals surface area contributed by atoms with E-state index in [1.54, 1.807) is 0 Å². The third-order valence-corrected chi connectivity index (χ3v) is 2.35. The van der Waals surface area contributed by atoms with Crippen LogP contribution < -0.4 is 21.9 Å². The van der Waals surface area contributed by atoms with Crippen molar-refractivity contribution in [1.29, 1.82) is 0 Å². The van der Waals surface area contributed by atoms with Crippen molar-refractivity contribution < 1.29 is 4.79 Å². The number of rotatable bonds is 4. The average Bonchev–Trinajstić information content (AvgIpc) is 2.27. The van der Waals surface area contributed by atoms with Crippen molar-refractivity contribution >= 4 is 6.03 Å². The molecule has 0 radical (unpaired) electrons. The summed E-state index contributed by atoms with van der Waals surface area (Å²) >= 11 is 0. The molecule has 0 bridgehead atoms.